The van der Waals surface area contributed by atoms with Crippen LogP contribution in [0.25, 0.3) is 6.08 Å². The van der Waals surface area contributed by atoms with E-state index in [0.29, 0.717) is 50.4 Å². The van der Waals surface area contributed by atoms with Crippen LogP contribution in [0.1, 0.15) is 18.1 Å². The SMILES string of the molecule is CCOc1cc(/C=C2/SC(=O)N(c3cccc(Cl)c3)C2=O)c(Br)cc1OCc1ccccc1. The van der Waals surface area contributed by atoms with Gasteiger partial charge in [0, 0.05) is 9.50 Å². The number of halogens is 2. The Kier molecular flexibility index (Phi) is 7.42. The molecule has 1 aliphatic heterocycles. The second-order valence-corrected chi connectivity index (χ2v) is 9.31. The molecule has 168 valence electrons. The average Bonchev–Trinajstić information content (AvgIpc) is 3.08. The molecule has 1 saturated heterocycles. The fourth-order valence-electron chi connectivity index (χ4n) is 3.22. The fraction of sp³-hybridized carbons (Fsp3) is 0.120. The van der Waals surface area contributed by atoms with Crippen LogP contribution < -0.4 is 14.4 Å². The van der Waals surface area contributed by atoms with Crippen molar-refractivity contribution < 1.29 is 19.1 Å². The zero-order valence-electron chi connectivity index (χ0n) is 17.6. The number of carbonyl (C=O) groups is 2. The van der Waals surface area contributed by atoms with Crippen LogP contribution in [0.4, 0.5) is 10.5 Å². The monoisotopic (exact) mass is 543 g/mol. The first-order valence-corrected chi connectivity index (χ1v) is 12.1. The Labute approximate surface area is 209 Å². The highest BCUT2D eigenvalue weighted by molar-refractivity contribution is 9.10. The minimum atomic E-state index is -0.401. The summed E-state index contributed by atoms with van der Waals surface area (Å²) in [7, 11) is 0. The quantitative estimate of drug-likeness (QED) is 0.292. The summed E-state index contributed by atoms with van der Waals surface area (Å²) >= 11 is 10.5. The van der Waals surface area contributed by atoms with Gasteiger partial charge in [0.2, 0.25) is 0 Å². The van der Waals surface area contributed by atoms with Gasteiger partial charge < -0.3 is 9.47 Å². The molecule has 0 saturated carbocycles. The molecule has 4 rings (SSSR count). The molecule has 0 aliphatic carbocycles. The number of nitrogens with zero attached hydrogens (tertiary/aromatic N) is 1. The van der Waals surface area contributed by atoms with Crippen LogP contribution >= 0.6 is 39.3 Å². The van der Waals surface area contributed by atoms with E-state index in [2.05, 4.69) is 15.9 Å². The summed E-state index contributed by atoms with van der Waals surface area (Å²) in [4.78, 5) is 27.0. The van der Waals surface area contributed by atoms with Gasteiger partial charge in [0.15, 0.2) is 11.5 Å². The van der Waals surface area contributed by atoms with Gasteiger partial charge in [0.1, 0.15) is 6.61 Å². The van der Waals surface area contributed by atoms with Crippen LogP contribution in [0.5, 0.6) is 11.5 Å². The zero-order valence-corrected chi connectivity index (χ0v) is 20.7. The lowest BCUT2D eigenvalue weighted by Crippen LogP contribution is -2.27. The Morgan fingerprint density at radius 2 is 1.76 bits per heavy atom. The van der Waals surface area contributed by atoms with Gasteiger partial charge in [-0.1, -0.05) is 63.9 Å². The molecule has 3 aromatic carbocycles. The van der Waals surface area contributed by atoms with Crippen molar-refractivity contribution in [1.29, 1.82) is 0 Å². The van der Waals surface area contributed by atoms with E-state index in [1.54, 1.807) is 42.5 Å². The van der Waals surface area contributed by atoms with Crippen molar-refractivity contribution in [3.63, 3.8) is 0 Å². The lowest BCUT2D eigenvalue weighted by atomic mass is 10.1. The highest BCUT2D eigenvalue weighted by atomic mass is 79.9. The van der Waals surface area contributed by atoms with Gasteiger partial charge in [-0.2, -0.15) is 0 Å². The first-order valence-electron chi connectivity index (χ1n) is 10.1. The molecule has 0 spiro atoms. The summed E-state index contributed by atoms with van der Waals surface area (Å²) in [5.41, 5.74) is 2.17. The van der Waals surface area contributed by atoms with E-state index in [9.17, 15) is 9.59 Å². The first kappa shape index (κ1) is 23.4. The number of imide groups is 1. The maximum atomic E-state index is 13.0. The molecular formula is C25H19BrClNO4S. The van der Waals surface area contributed by atoms with E-state index in [1.807, 2.05) is 37.3 Å². The molecule has 5 nitrogen and oxygen atoms in total. The molecule has 2 amide bonds. The number of thioether (sulfide) groups is 1. The van der Waals surface area contributed by atoms with Gasteiger partial charge >= 0.3 is 0 Å². The molecule has 33 heavy (non-hydrogen) atoms. The minimum absolute atomic E-state index is 0.307. The summed E-state index contributed by atoms with van der Waals surface area (Å²) < 4.78 is 12.5. The molecule has 8 heteroatoms. The van der Waals surface area contributed by atoms with Crippen LogP contribution in [-0.4, -0.2) is 17.8 Å². The molecule has 1 heterocycles. The number of anilines is 1. The van der Waals surface area contributed by atoms with Crippen LogP contribution in [-0.2, 0) is 11.4 Å². The molecule has 3 aromatic rings. The lowest BCUT2D eigenvalue weighted by molar-refractivity contribution is -0.113. The van der Waals surface area contributed by atoms with Crippen LogP contribution in [0.3, 0.4) is 0 Å². The van der Waals surface area contributed by atoms with Crippen molar-refractivity contribution >= 4 is 62.2 Å². The molecule has 1 aliphatic rings. The summed E-state index contributed by atoms with van der Waals surface area (Å²) in [6.07, 6.45) is 1.67. The highest BCUT2D eigenvalue weighted by Gasteiger charge is 2.36. The average molecular weight is 545 g/mol. The van der Waals surface area contributed by atoms with Crippen LogP contribution in [0, 0.1) is 0 Å². The third-order valence-electron chi connectivity index (χ3n) is 4.75. The van der Waals surface area contributed by atoms with Crippen LogP contribution in [0.2, 0.25) is 5.02 Å². The number of hydrogen-bond acceptors (Lipinski definition) is 5. The van der Waals surface area contributed by atoms with Crippen molar-refractivity contribution in [3.05, 3.63) is 92.3 Å². The first-order chi connectivity index (χ1) is 16.0. The smallest absolute Gasteiger partial charge is 0.298 e. The van der Waals surface area contributed by atoms with Gasteiger partial charge in [-0.05, 0) is 66.2 Å². The molecule has 0 aromatic heterocycles. The van der Waals surface area contributed by atoms with Crippen molar-refractivity contribution in [1.82, 2.24) is 0 Å². The Morgan fingerprint density at radius 1 is 1.00 bits per heavy atom. The Morgan fingerprint density at radius 3 is 2.48 bits per heavy atom. The molecule has 0 bridgehead atoms. The normalized spacial score (nSPS) is 14.8. The summed E-state index contributed by atoms with van der Waals surface area (Å²) in [6.45, 7) is 2.73. The highest BCUT2D eigenvalue weighted by Crippen LogP contribution is 2.40. The van der Waals surface area contributed by atoms with Gasteiger partial charge in [-0.15, -0.1) is 0 Å². The molecule has 0 unspecified atom stereocenters. The largest absolute Gasteiger partial charge is 0.490 e. The lowest BCUT2D eigenvalue weighted by Gasteiger charge is -2.14. The minimum Gasteiger partial charge on any atom is -0.490 e. The molecule has 0 N–H and O–H groups in total. The predicted molar refractivity (Wildman–Crippen MR) is 136 cm³/mol. The van der Waals surface area contributed by atoms with Gasteiger partial charge in [0.25, 0.3) is 11.1 Å². The molecule has 1 fully saturated rings. The third-order valence-corrected chi connectivity index (χ3v) is 6.54. The van der Waals surface area contributed by atoms with Crippen molar-refractivity contribution in [2.45, 2.75) is 13.5 Å². The number of benzene rings is 3. The predicted octanol–water partition coefficient (Wildman–Crippen LogP) is 7.32. The van der Waals surface area contributed by atoms with Crippen molar-refractivity contribution in [2.75, 3.05) is 11.5 Å². The van der Waals surface area contributed by atoms with E-state index in [4.69, 9.17) is 21.1 Å². The second-order valence-electron chi connectivity index (χ2n) is 7.02. The van der Waals surface area contributed by atoms with E-state index in [1.165, 1.54) is 0 Å². The Balaban J connectivity index is 1.61. The fourth-order valence-corrected chi connectivity index (χ4v) is 4.68. The number of hydrogen-bond donors (Lipinski definition) is 0. The Bertz CT molecular complexity index is 1230. The Hall–Kier alpha value is -2.74. The third kappa shape index (κ3) is 5.43. The van der Waals surface area contributed by atoms with E-state index in [-0.39, 0.29) is 5.24 Å². The van der Waals surface area contributed by atoms with E-state index >= 15 is 0 Å². The van der Waals surface area contributed by atoms with Crippen molar-refractivity contribution in [2.24, 2.45) is 0 Å². The second kappa shape index (κ2) is 10.5. The molecule has 0 radical (unpaired) electrons. The standard InChI is InChI=1S/C25H19BrClNO4S/c1-2-31-21-11-17(20(26)14-22(21)32-15-16-7-4-3-5-8-16)12-23-24(29)28(25(30)33-23)19-10-6-9-18(27)13-19/h3-14H,2,15H2,1H3/b23-12+. The number of carbonyl (C=O) groups excluding carboxylic acids is 2. The topological polar surface area (TPSA) is 55.8 Å². The summed E-state index contributed by atoms with van der Waals surface area (Å²) in [5.74, 6) is 0.732. The molecular weight excluding hydrogens is 526 g/mol. The van der Waals surface area contributed by atoms with Crippen molar-refractivity contribution in [3.8, 4) is 11.5 Å². The number of rotatable bonds is 7. The van der Waals surface area contributed by atoms with Crippen LogP contribution in [0.15, 0.2) is 76.1 Å². The van der Waals surface area contributed by atoms with Gasteiger partial charge in [-0.25, -0.2) is 4.90 Å². The van der Waals surface area contributed by atoms with E-state index < -0.39 is 5.91 Å². The summed E-state index contributed by atoms with van der Waals surface area (Å²) in [6, 6.07) is 20.1. The van der Waals surface area contributed by atoms with E-state index in [0.717, 1.165) is 22.2 Å². The number of amides is 2. The van der Waals surface area contributed by atoms with Gasteiger partial charge in [-0.3, -0.25) is 9.59 Å². The maximum Gasteiger partial charge on any atom is 0.298 e. The number of ether oxygens (including phenoxy) is 2. The summed E-state index contributed by atoms with van der Waals surface area (Å²) in [5, 5.41) is 0.0724. The van der Waals surface area contributed by atoms with Gasteiger partial charge in [0.05, 0.1) is 17.2 Å². The maximum absolute atomic E-state index is 13.0. The molecule has 0 atom stereocenters. The zero-order chi connectivity index (χ0) is 23.4.